The maximum Gasteiger partial charge on any atom is 0.416 e. The van der Waals surface area contributed by atoms with Gasteiger partial charge in [-0.3, -0.25) is 9.59 Å². The summed E-state index contributed by atoms with van der Waals surface area (Å²) in [5.74, 6) is -1.49. The molecule has 0 radical (unpaired) electrons. The summed E-state index contributed by atoms with van der Waals surface area (Å²) >= 11 is 7.18. The zero-order valence-corrected chi connectivity index (χ0v) is 16.2. The number of nitrogens with one attached hydrogen (secondary N) is 2. The summed E-state index contributed by atoms with van der Waals surface area (Å²) in [6, 6.07) is 10.2. The van der Waals surface area contributed by atoms with Crippen molar-refractivity contribution >= 4 is 51.1 Å². The number of halogens is 4. The van der Waals surface area contributed by atoms with E-state index in [0.29, 0.717) is 12.1 Å². The summed E-state index contributed by atoms with van der Waals surface area (Å²) in [6.07, 6.45) is -3.16. The van der Waals surface area contributed by atoms with E-state index in [-0.39, 0.29) is 10.6 Å². The number of hydrogen-bond donors (Lipinski definition) is 2. The molecular weight excluding hydrogens is 427 g/mol. The van der Waals surface area contributed by atoms with E-state index < -0.39 is 30.1 Å². The number of nitrogens with zero attached hydrogens (tertiary/aromatic N) is 1. The second-order valence-corrected chi connectivity index (χ2v) is 7.24. The quantitative estimate of drug-likeness (QED) is 0.455. The molecule has 0 aliphatic heterocycles. The number of carbonyl (C=O) groups excluding carboxylic acids is 2. The van der Waals surface area contributed by atoms with Crippen molar-refractivity contribution in [2.24, 2.45) is 5.10 Å². The molecule has 2 aromatic carbocycles. The lowest BCUT2D eigenvalue weighted by Crippen LogP contribution is -2.35. The van der Waals surface area contributed by atoms with Crippen LogP contribution in [-0.2, 0) is 11.0 Å². The average Bonchev–Trinajstić information content (AvgIpc) is 3.08. The van der Waals surface area contributed by atoms with Crippen molar-refractivity contribution in [3.8, 4) is 0 Å². The van der Waals surface area contributed by atoms with Crippen LogP contribution >= 0.6 is 22.9 Å². The molecule has 1 heterocycles. The number of thiophene rings is 1. The van der Waals surface area contributed by atoms with Gasteiger partial charge in [0, 0.05) is 31.6 Å². The first kappa shape index (κ1) is 20.8. The Balaban J connectivity index is 1.57. The number of hydrazone groups is 1. The number of carbonyl (C=O) groups is 2. The molecule has 0 atom stereocenters. The molecule has 0 aliphatic rings. The van der Waals surface area contributed by atoms with Gasteiger partial charge in [-0.15, -0.1) is 11.3 Å². The Bertz CT molecular complexity index is 1100. The second-order valence-electron chi connectivity index (χ2n) is 5.89. The number of amides is 2. The van der Waals surface area contributed by atoms with Crippen molar-refractivity contribution in [2.75, 3.05) is 6.54 Å². The molecule has 10 heteroatoms. The van der Waals surface area contributed by atoms with Gasteiger partial charge in [0.2, 0.25) is 0 Å². The Morgan fingerprint density at radius 3 is 2.69 bits per heavy atom. The highest BCUT2D eigenvalue weighted by Crippen LogP contribution is 2.31. The average molecular weight is 440 g/mol. The van der Waals surface area contributed by atoms with Crippen LogP contribution in [-0.4, -0.2) is 24.6 Å². The van der Waals surface area contributed by atoms with Gasteiger partial charge in [-0.1, -0.05) is 29.8 Å². The van der Waals surface area contributed by atoms with Crippen LogP contribution in [0.15, 0.2) is 52.9 Å². The molecule has 3 rings (SSSR count). The van der Waals surface area contributed by atoms with Gasteiger partial charge in [0.15, 0.2) is 0 Å². The highest BCUT2D eigenvalue weighted by molar-refractivity contribution is 7.17. The molecule has 0 saturated heterocycles. The Labute approximate surface area is 172 Å². The van der Waals surface area contributed by atoms with Crippen molar-refractivity contribution in [2.45, 2.75) is 6.18 Å². The van der Waals surface area contributed by atoms with Crippen LogP contribution in [0.2, 0.25) is 5.02 Å². The molecule has 0 saturated carbocycles. The topological polar surface area (TPSA) is 70.6 Å². The van der Waals surface area contributed by atoms with E-state index in [1.165, 1.54) is 17.6 Å². The fourth-order valence-corrected chi connectivity index (χ4v) is 3.61. The van der Waals surface area contributed by atoms with Gasteiger partial charge >= 0.3 is 6.18 Å². The van der Waals surface area contributed by atoms with Crippen LogP contribution in [0, 0.1) is 0 Å². The molecule has 0 unspecified atom stereocenters. The third-order valence-corrected chi connectivity index (χ3v) is 5.00. The van der Waals surface area contributed by atoms with Gasteiger partial charge in [-0.05, 0) is 24.3 Å². The van der Waals surface area contributed by atoms with Crippen LogP contribution < -0.4 is 10.7 Å². The molecule has 29 heavy (non-hydrogen) atoms. The largest absolute Gasteiger partial charge is 0.416 e. The zero-order chi connectivity index (χ0) is 21.0. The zero-order valence-electron chi connectivity index (χ0n) is 14.6. The summed E-state index contributed by atoms with van der Waals surface area (Å²) in [5, 5.41) is 8.71. The summed E-state index contributed by atoms with van der Waals surface area (Å²) in [7, 11) is 0. The molecule has 3 aromatic rings. The molecule has 1 aromatic heterocycles. The highest BCUT2D eigenvalue weighted by atomic mass is 35.5. The predicted molar refractivity (Wildman–Crippen MR) is 106 cm³/mol. The lowest BCUT2D eigenvalue weighted by molar-refractivity contribution is -0.137. The van der Waals surface area contributed by atoms with Gasteiger partial charge in [0.05, 0.1) is 18.3 Å². The third-order valence-electron chi connectivity index (χ3n) is 3.80. The molecule has 0 spiro atoms. The van der Waals surface area contributed by atoms with E-state index >= 15 is 0 Å². The summed E-state index contributed by atoms with van der Waals surface area (Å²) < 4.78 is 39.5. The van der Waals surface area contributed by atoms with Crippen LogP contribution in [0.3, 0.4) is 0 Å². The first-order valence-corrected chi connectivity index (χ1v) is 9.44. The first-order chi connectivity index (χ1) is 13.7. The fraction of sp³-hybridized carbons (Fsp3) is 0.105. The van der Waals surface area contributed by atoms with Gasteiger partial charge in [0.1, 0.15) is 0 Å². The number of fused-ring (bicyclic) bond motifs is 1. The van der Waals surface area contributed by atoms with E-state index in [1.807, 2.05) is 29.6 Å². The standard InChI is InChI=1S/C19H13ClF3N3O2S/c20-14-6-11(5-13(7-14)19(21,22)23)18(28)24-9-17(27)26-25-8-12-10-29-16-4-2-1-3-15(12)16/h1-8,10H,9H2,(H,24,28)(H,26,27)/b25-8+. The number of alkyl halides is 3. The Morgan fingerprint density at radius 1 is 1.17 bits per heavy atom. The van der Waals surface area contributed by atoms with E-state index in [9.17, 15) is 22.8 Å². The van der Waals surface area contributed by atoms with E-state index in [4.69, 9.17) is 11.6 Å². The van der Waals surface area contributed by atoms with Crippen LogP contribution in [0.1, 0.15) is 21.5 Å². The fourth-order valence-electron chi connectivity index (χ4n) is 2.46. The van der Waals surface area contributed by atoms with Gasteiger partial charge in [-0.25, -0.2) is 5.43 Å². The van der Waals surface area contributed by atoms with Crippen molar-refractivity contribution < 1.29 is 22.8 Å². The summed E-state index contributed by atoms with van der Waals surface area (Å²) in [5.41, 5.74) is 1.73. The van der Waals surface area contributed by atoms with Crippen LogP contribution in [0.5, 0.6) is 0 Å². The summed E-state index contributed by atoms with van der Waals surface area (Å²) in [6.45, 7) is -0.464. The maximum absolute atomic E-state index is 12.8. The van der Waals surface area contributed by atoms with Gasteiger partial charge in [-0.2, -0.15) is 18.3 Å². The second kappa shape index (κ2) is 8.62. The Kier molecular flexibility index (Phi) is 6.19. The van der Waals surface area contributed by atoms with Crippen LogP contribution in [0.4, 0.5) is 13.2 Å². The SMILES string of the molecule is O=C(CNC(=O)c1cc(Cl)cc(C(F)(F)F)c1)N/N=C/c1csc2ccccc12. The molecule has 5 nitrogen and oxygen atoms in total. The van der Waals surface area contributed by atoms with Gasteiger partial charge < -0.3 is 5.32 Å². The number of rotatable bonds is 5. The van der Waals surface area contributed by atoms with E-state index in [1.54, 1.807) is 0 Å². The smallest absolute Gasteiger partial charge is 0.343 e. The molecule has 0 bridgehead atoms. The van der Waals surface area contributed by atoms with Crippen LogP contribution in [0.25, 0.3) is 10.1 Å². The molecule has 150 valence electrons. The van der Waals surface area contributed by atoms with Crippen molar-refractivity contribution in [1.29, 1.82) is 0 Å². The molecular formula is C19H13ClF3N3O2S. The maximum atomic E-state index is 12.8. The number of benzene rings is 2. The highest BCUT2D eigenvalue weighted by Gasteiger charge is 2.31. The van der Waals surface area contributed by atoms with E-state index in [0.717, 1.165) is 21.7 Å². The monoisotopic (exact) mass is 439 g/mol. The lowest BCUT2D eigenvalue weighted by atomic mass is 10.1. The van der Waals surface area contributed by atoms with Crippen molar-refractivity contribution in [3.63, 3.8) is 0 Å². The minimum Gasteiger partial charge on any atom is -0.343 e. The molecule has 2 N–H and O–H groups in total. The third kappa shape index (κ3) is 5.33. The number of hydrogen-bond acceptors (Lipinski definition) is 4. The molecule has 0 aliphatic carbocycles. The van der Waals surface area contributed by atoms with Gasteiger partial charge in [0.25, 0.3) is 11.8 Å². The molecule has 2 amide bonds. The lowest BCUT2D eigenvalue weighted by Gasteiger charge is -2.10. The minimum absolute atomic E-state index is 0.234. The first-order valence-electron chi connectivity index (χ1n) is 8.18. The molecule has 0 fully saturated rings. The summed E-state index contributed by atoms with van der Waals surface area (Å²) in [4.78, 5) is 23.9. The minimum atomic E-state index is -4.64. The van der Waals surface area contributed by atoms with Crippen molar-refractivity contribution in [1.82, 2.24) is 10.7 Å². The Hall–Kier alpha value is -2.91. The van der Waals surface area contributed by atoms with E-state index in [2.05, 4.69) is 15.8 Å². The Morgan fingerprint density at radius 2 is 1.93 bits per heavy atom. The van der Waals surface area contributed by atoms with Crippen molar-refractivity contribution in [3.05, 3.63) is 69.6 Å². The normalized spacial score (nSPS) is 11.7. The predicted octanol–water partition coefficient (Wildman–Crippen LogP) is 4.45.